The van der Waals surface area contributed by atoms with E-state index in [0.29, 0.717) is 13.0 Å². The van der Waals surface area contributed by atoms with E-state index in [9.17, 15) is 13.2 Å². The van der Waals surface area contributed by atoms with Crippen molar-refractivity contribution >= 4 is 0 Å². The number of hydrogen-bond donors (Lipinski definition) is 1. The summed E-state index contributed by atoms with van der Waals surface area (Å²) in [5.74, 6) is 0.231. The molecule has 0 bridgehead atoms. The number of hydrogen-bond acceptors (Lipinski definition) is 3. The molecule has 118 valence electrons. The molecule has 1 aromatic carbocycles. The molecule has 0 aromatic heterocycles. The highest BCUT2D eigenvalue weighted by Gasteiger charge is 2.32. The monoisotopic (exact) mass is 303 g/mol. The van der Waals surface area contributed by atoms with Crippen LogP contribution in [0.1, 0.15) is 25.8 Å². The molecule has 2 rings (SSSR count). The molecule has 0 aliphatic carbocycles. The Kier molecular flexibility index (Phi) is 5.11. The van der Waals surface area contributed by atoms with Crippen molar-refractivity contribution in [2.45, 2.75) is 44.8 Å². The van der Waals surface area contributed by atoms with Crippen LogP contribution in [0.2, 0.25) is 0 Å². The molecule has 2 atom stereocenters. The number of ether oxygens (including phenoxy) is 2. The number of nitrogens with one attached hydrogen (secondary N) is 1. The highest BCUT2D eigenvalue weighted by atomic mass is 19.4. The highest BCUT2D eigenvalue weighted by molar-refractivity contribution is 5.30. The highest BCUT2D eigenvalue weighted by Crippen LogP contribution is 2.32. The molecule has 1 aliphatic rings. The lowest BCUT2D eigenvalue weighted by Gasteiger charge is -2.33. The predicted molar refractivity (Wildman–Crippen MR) is 73.4 cm³/mol. The Balaban J connectivity index is 2.08. The van der Waals surface area contributed by atoms with Gasteiger partial charge in [0.15, 0.2) is 0 Å². The first-order chi connectivity index (χ1) is 9.86. The summed E-state index contributed by atoms with van der Waals surface area (Å²) >= 11 is 0. The van der Waals surface area contributed by atoms with Gasteiger partial charge in [-0.3, -0.25) is 0 Å². The van der Waals surface area contributed by atoms with Gasteiger partial charge < -0.3 is 14.8 Å². The molecular formula is C15H20F3NO2. The Morgan fingerprint density at radius 2 is 2.00 bits per heavy atom. The average molecular weight is 303 g/mol. The molecule has 1 heterocycles. The molecule has 3 nitrogen and oxygen atoms in total. The Hall–Kier alpha value is -1.27. The number of alkyl halides is 3. The van der Waals surface area contributed by atoms with Gasteiger partial charge in [0.25, 0.3) is 0 Å². The molecule has 0 saturated carbocycles. The topological polar surface area (TPSA) is 30.5 Å². The first-order valence-electron chi connectivity index (χ1n) is 7.06. The fourth-order valence-corrected chi connectivity index (χ4v) is 2.35. The van der Waals surface area contributed by atoms with E-state index in [2.05, 4.69) is 5.32 Å². The van der Waals surface area contributed by atoms with Crippen molar-refractivity contribution in [3.63, 3.8) is 0 Å². The van der Waals surface area contributed by atoms with Crippen LogP contribution in [0, 0.1) is 0 Å². The standard InChI is InChI=1S/C15H20F3NO2/c1-10(2)20-14-9-19-7-6-13(14)21-12-5-3-4-11(8-12)15(16,17)18/h3-5,8,10,13-14,19H,6-7,9H2,1-2H3. The van der Waals surface area contributed by atoms with Gasteiger partial charge in [0.05, 0.1) is 11.7 Å². The van der Waals surface area contributed by atoms with Gasteiger partial charge >= 0.3 is 6.18 Å². The van der Waals surface area contributed by atoms with Gasteiger partial charge in [0.2, 0.25) is 0 Å². The number of rotatable bonds is 4. The minimum Gasteiger partial charge on any atom is -0.488 e. The van der Waals surface area contributed by atoms with Crippen LogP contribution in [-0.2, 0) is 10.9 Å². The summed E-state index contributed by atoms with van der Waals surface area (Å²) in [5, 5.41) is 3.21. The predicted octanol–water partition coefficient (Wildman–Crippen LogP) is 3.24. The van der Waals surface area contributed by atoms with Crippen LogP contribution in [0.15, 0.2) is 24.3 Å². The first kappa shape index (κ1) is 16.1. The van der Waals surface area contributed by atoms with Gasteiger partial charge in [-0.05, 0) is 45.0 Å². The van der Waals surface area contributed by atoms with E-state index in [0.717, 1.165) is 18.7 Å². The van der Waals surface area contributed by atoms with E-state index in [1.54, 1.807) is 6.07 Å². The second-order valence-corrected chi connectivity index (χ2v) is 5.40. The van der Waals surface area contributed by atoms with E-state index in [1.165, 1.54) is 6.07 Å². The molecular weight excluding hydrogens is 283 g/mol. The van der Waals surface area contributed by atoms with Crippen LogP contribution in [0.4, 0.5) is 13.2 Å². The summed E-state index contributed by atoms with van der Waals surface area (Å²) in [6, 6.07) is 4.98. The lowest BCUT2D eigenvalue weighted by Crippen LogP contribution is -2.49. The molecule has 6 heteroatoms. The van der Waals surface area contributed by atoms with Crippen LogP contribution in [0.5, 0.6) is 5.75 Å². The fraction of sp³-hybridized carbons (Fsp3) is 0.600. The molecule has 1 N–H and O–H groups in total. The van der Waals surface area contributed by atoms with Crippen molar-refractivity contribution in [3.05, 3.63) is 29.8 Å². The maximum atomic E-state index is 12.7. The molecule has 1 aliphatic heterocycles. The summed E-state index contributed by atoms with van der Waals surface area (Å²) in [7, 11) is 0. The SMILES string of the molecule is CC(C)OC1CNCCC1Oc1cccc(C(F)(F)F)c1. The summed E-state index contributed by atoms with van der Waals surface area (Å²) in [6.07, 6.45) is -4.01. The van der Waals surface area contributed by atoms with Crippen molar-refractivity contribution < 1.29 is 22.6 Å². The zero-order chi connectivity index (χ0) is 15.5. The summed E-state index contributed by atoms with van der Waals surface area (Å²) in [5.41, 5.74) is -0.699. The van der Waals surface area contributed by atoms with E-state index >= 15 is 0 Å². The molecule has 21 heavy (non-hydrogen) atoms. The maximum absolute atomic E-state index is 12.7. The normalized spacial score (nSPS) is 23.3. The summed E-state index contributed by atoms with van der Waals surface area (Å²) in [6.45, 7) is 5.26. The molecule has 1 saturated heterocycles. The van der Waals surface area contributed by atoms with Crippen LogP contribution >= 0.6 is 0 Å². The fourth-order valence-electron chi connectivity index (χ4n) is 2.35. The molecule has 2 unspecified atom stereocenters. The number of benzene rings is 1. The van der Waals surface area contributed by atoms with Crippen LogP contribution in [0.25, 0.3) is 0 Å². The maximum Gasteiger partial charge on any atom is 0.416 e. The average Bonchev–Trinajstić information content (AvgIpc) is 2.40. The van der Waals surface area contributed by atoms with Gasteiger partial charge in [-0.1, -0.05) is 6.07 Å². The summed E-state index contributed by atoms with van der Waals surface area (Å²) < 4.78 is 49.6. The van der Waals surface area contributed by atoms with Gasteiger partial charge in [-0.2, -0.15) is 13.2 Å². The van der Waals surface area contributed by atoms with Crippen LogP contribution in [0.3, 0.4) is 0 Å². The van der Waals surface area contributed by atoms with E-state index in [1.807, 2.05) is 13.8 Å². The van der Waals surface area contributed by atoms with Crippen molar-refractivity contribution in [1.29, 1.82) is 0 Å². The van der Waals surface area contributed by atoms with Crippen molar-refractivity contribution in [1.82, 2.24) is 5.32 Å². The zero-order valence-electron chi connectivity index (χ0n) is 12.1. The van der Waals surface area contributed by atoms with Gasteiger partial charge in [-0.15, -0.1) is 0 Å². The third-order valence-electron chi connectivity index (χ3n) is 3.26. The molecule has 1 aromatic rings. The minimum absolute atomic E-state index is 0.0440. The molecule has 0 radical (unpaired) electrons. The van der Waals surface area contributed by atoms with Crippen molar-refractivity contribution in [2.75, 3.05) is 13.1 Å². The van der Waals surface area contributed by atoms with Crippen molar-refractivity contribution in [2.24, 2.45) is 0 Å². The second-order valence-electron chi connectivity index (χ2n) is 5.40. The lowest BCUT2D eigenvalue weighted by atomic mass is 10.1. The Morgan fingerprint density at radius 3 is 2.67 bits per heavy atom. The zero-order valence-corrected chi connectivity index (χ0v) is 12.1. The Bertz CT molecular complexity index is 462. The summed E-state index contributed by atoms with van der Waals surface area (Å²) in [4.78, 5) is 0. The third kappa shape index (κ3) is 4.61. The van der Waals surface area contributed by atoms with Crippen LogP contribution in [-0.4, -0.2) is 31.4 Å². The van der Waals surface area contributed by atoms with Gasteiger partial charge in [0, 0.05) is 6.54 Å². The molecule has 0 amide bonds. The number of halogens is 3. The Morgan fingerprint density at radius 1 is 1.24 bits per heavy atom. The Labute approximate surface area is 122 Å². The number of piperidine rings is 1. The first-order valence-corrected chi connectivity index (χ1v) is 7.06. The minimum atomic E-state index is -4.36. The quantitative estimate of drug-likeness (QED) is 0.926. The smallest absolute Gasteiger partial charge is 0.416 e. The second kappa shape index (κ2) is 6.66. The third-order valence-corrected chi connectivity index (χ3v) is 3.26. The van der Waals surface area contributed by atoms with E-state index in [-0.39, 0.29) is 24.1 Å². The largest absolute Gasteiger partial charge is 0.488 e. The van der Waals surface area contributed by atoms with Crippen molar-refractivity contribution in [3.8, 4) is 5.75 Å². The van der Waals surface area contributed by atoms with Crippen LogP contribution < -0.4 is 10.1 Å². The lowest BCUT2D eigenvalue weighted by molar-refractivity contribution is -0.137. The van der Waals surface area contributed by atoms with E-state index < -0.39 is 11.7 Å². The van der Waals surface area contributed by atoms with E-state index in [4.69, 9.17) is 9.47 Å². The molecule has 1 fully saturated rings. The molecule has 0 spiro atoms. The van der Waals surface area contributed by atoms with Gasteiger partial charge in [-0.25, -0.2) is 0 Å². The van der Waals surface area contributed by atoms with Gasteiger partial charge in [0.1, 0.15) is 18.0 Å².